The van der Waals surface area contributed by atoms with Gasteiger partial charge in [0, 0.05) is 51.2 Å². The number of morpholine rings is 1. The van der Waals surface area contributed by atoms with E-state index in [1.807, 2.05) is 9.80 Å². The number of likely N-dealkylation sites (tertiary alicyclic amines) is 2. The van der Waals surface area contributed by atoms with E-state index in [9.17, 15) is 9.59 Å². The van der Waals surface area contributed by atoms with Gasteiger partial charge in [0.05, 0.1) is 25.6 Å². The van der Waals surface area contributed by atoms with Crippen molar-refractivity contribution in [3.8, 4) is 0 Å². The number of aromatic nitrogens is 2. The molecule has 0 aliphatic carbocycles. The number of amides is 2. The largest absolute Gasteiger partial charge is 0.378 e. The number of ether oxygens (including phenoxy) is 1. The molecule has 0 saturated carbocycles. The molecule has 4 rings (SSSR count). The summed E-state index contributed by atoms with van der Waals surface area (Å²) in [5.74, 6) is 1.10. The highest BCUT2D eigenvalue weighted by Gasteiger charge is 2.34. The fourth-order valence-corrected chi connectivity index (χ4v) is 4.73. The van der Waals surface area contributed by atoms with Crippen molar-refractivity contribution in [1.29, 1.82) is 0 Å². The van der Waals surface area contributed by atoms with Gasteiger partial charge in [-0.05, 0) is 38.3 Å². The number of carbonyl (C=O) groups is 2. The molecule has 1 aromatic rings. The van der Waals surface area contributed by atoms with E-state index < -0.39 is 0 Å². The molecule has 0 spiro atoms. The summed E-state index contributed by atoms with van der Waals surface area (Å²) in [6.45, 7) is 6.22. The van der Waals surface area contributed by atoms with Crippen LogP contribution >= 0.6 is 0 Å². The standard InChI is InChI=1S/C21H31N5O3/c27-20(15-19-22-6-2-7-23-19)24-9-4-18(5-10-24)26-8-1-3-17(16-26)21(28)25-11-13-29-14-12-25/h2,6-7,17-18H,1,3-5,8-16H2/t17-/m0/s1. The molecule has 8 nitrogen and oxygen atoms in total. The first-order chi connectivity index (χ1) is 14.2. The second-order valence-electron chi connectivity index (χ2n) is 8.23. The van der Waals surface area contributed by atoms with Crippen LogP contribution in [0.1, 0.15) is 31.5 Å². The number of rotatable bonds is 4. The number of piperidine rings is 2. The number of nitrogens with zero attached hydrogens (tertiary/aromatic N) is 5. The third kappa shape index (κ3) is 5.11. The molecule has 0 N–H and O–H groups in total. The van der Waals surface area contributed by atoms with E-state index in [1.54, 1.807) is 18.5 Å². The monoisotopic (exact) mass is 401 g/mol. The minimum atomic E-state index is 0.105. The van der Waals surface area contributed by atoms with Gasteiger partial charge in [-0.1, -0.05) is 0 Å². The van der Waals surface area contributed by atoms with Gasteiger partial charge in [-0.15, -0.1) is 0 Å². The van der Waals surface area contributed by atoms with Crippen LogP contribution in [0.5, 0.6) is 0 Å². The molecule has 0 unspecified atom stereocenters. The maximum Gasteiger partial charge on any atom is 0.230 e. The first-order valence-corrected chi connectivity index (χ1v) is 10.8. The molecule has 3 fully saturated rings. The summed E-state index contributed by atoms with van der Waals surface area (Å²) < 4.78 is 5.38. The zero-order valence-corrected chi connectivity index (χ0v) is 17.0. The molecule has 1 aromatic heterocycles. The van der Waals surface area contributed by atoms with Gasteiger partial charge in [0.2, 0.25) is 11.8 Å². The van der Waals surface area contributed by atoms with E-state index in [0.29, 0.717) is 31.0 Å². The Labute approximate surface area is 172 Å². The van der Waals surface area contributed by atoms with E-state index in [-0.39, 0.29) is 18.2 Å². The van der Waals surface area contributed by atoms with Crippen molar-refractivity contribution in [3.63, 3.8) is 0 Å². The van der Waals surface area contributed by atoms with Crippen LogP contribution in [0.3, 0.4) is 0 Å². The molecule has 0 aromatic carbocycles. The van der Waals surface area contributed by atoms with Crippen LogP contribution in [0.4, 0.5) is 0 Å². The third-order valence-corrected chi connectivity index (χ3v) is 6.39. The van der Waals surface area contributed by atoms with Crippen LogP contribution in [0, 0.1) is 5.92 Å². The van der Waals surface area contributed by atoms with Crippen LogP contribution in [-0.2, 0) is 20.7 Å². The topological polar surface area (TPSA) is 78.9 Å². The number of carbonyl (C=O) groups excluding carboxylic acids is 2. The van der Waals surface area contributed by atoms with Gasteiger partial charge in [0.15, 0.2) is 0 Å². The lowest BCUT2D eigenvalue weighted by atomic mass is 9.92. The van der Waals surface area contributed by atoms with Crippen LogP contribution in [0.15, 0.2) is 18.5 Å². The van der Waals surface area contributed by atoms with E-state index in [1.165, 1.54) is 0 Å². The highest BCUT2D eigenvalue weighted by molar-refractivity contribution is 5.79. The van der Waals surface area contributed by atoms with Crippen molar-refractivity contribution in [1.82, 2.24) is 24.7 Å². The van der Waals surface area contributed by atoms with E-state index in [4.69, 9.17) is 4.74 Å². The van der Waals surface area contributed by atoms with Crippen LogP contribution in [0.2, 0.25) is 0 Å². The predicted molar refractivity (Wildman–Crippen MR) is 107 cm³/mol. The molecule has 158 valence electrons. The maximum absolute atomic E-state index is 12.9. The predicted octanol–water partition coefficient (Wildman–Crippen LogP) is 0.581. The third-order valence-electron chi connectivity index (χ3n) is 6.39. The van der Waals surface area contributed by atoms with Gasteiger partial charge in [-0.3, -0.25) is 14.5 Å². The first-order valence-electron chi connectivity index (χ1n) is 10.8. The van der Waals surface area contributed by atoms with Crippen molar-refractivity contribution in [2.45, 2.75) is 38.1 Å². The molecule has 3 aliphatic rings. The summed E-state index contributed by atoms with van der Waals surface area (Å²) in [4.78, 5) is 40.1. The van der Waals surface area contributed by atoms with Crippen molar-refractivity contribution >= 4 is 11.8 Å². The van der Waals surface area contributed by atoms with Crippen molar-refractivity contribution in [2.75, 3.05) is 52.5 Å². The molecule has 0 radical (unpaired) electrons. The molecule has 3 saturated heterocycles. The average molecular weight is 402 g/mol. The SMILES string of the molecule is O=C(Cc1ncccn1)N1CCC(N2CCC[C@H](C(=O)N3CCOCC3)C2)CC1. The normalized spacial score (nSPS) is 24.5. The molecule has 0 bridgehead atoms. The van der Waals surface area contributed by atoms with Gasteiger partial charge >= 0.3 is 0 Å². The van der Waals surface area contributed by atoms with Gasteiger partial charge < -0.3 is 14.5 Å². The fraction of sp³-hybridized carbons (Fsp3) is 0.714. The summed E-state index contributed by atoms with van der Waals surface area (Å²) in [6, 6.07) is 2.22. The number of hydrogen-bond acceptors (Lipinski definition) is 6. The molecule has 8 heteroatoms. The van der Waals surface area contributed by atoms with Gasteiger partial charge in [0.1, 0.15) is 5.82 Å². The average Bonchev–Trinajstić information content (AvgIpc) is 2.80. The molecule has 29 heavy (non-hydrogen) atoms. The van der Waals surface area contributed by atoms with Gasteiger partial charge in [-0.25, -0.2) is 9.97 Å². The zero-order chi connectivity index (χ0) is 20.1. The Morgan fingerprint density at radius 3 is 2.41 bits per heavy atom. The van der Waals surface area contributed by atoms with E-state index in [2.05, 4.69) is 14.9 Å². The van der Waals surface area contributed by atoms with E-state index in [0.717, 1.165) is 65.0 Å². The Morgan fingerprint density at radius 1 is 0.966 bits per heavy atom. The Bertz CT molecular complexity index is 687. The lowest BCUT2D eigenvalue weighted by molar-refractivity contribution is -0.142. The van der Waals surface area contributed by atoms with Crippen molar-refractivity contribution < 1.29 is 14.3 Å². The minimum absolute atomic E-state index is 0.105. The maximum atomic E-state index is 12.9. The summed E-state index contributed by atoms with van der Waals surface area (Å²) in [5.41, 5.74) is 0. The van der Waals surface area contributed by atoms with E-state index >= 15 is 0 Å². The number of hydrogen-bond donors (Lipinski definition) is 0. The second kappa shape index (κ2) is 9.63. The van der Waals surface area contributed by atoms with Crippen LogP contribution < -0.4 is 0 Å². The zero-order valence-electron chi connectivity index (χ0n) is 17.0. The minimum Gasteiger partial charge on any atom is -0.378 e. The van der Waals surface area contributed by atoms with Crippen molar-refractivity contribution in [2.24, 2.45) is 5.92 Å². The highest BCUT2D eigenvalue weighted by Crippen LogP contribution is 2.25. The molecular weight excluding hydrogens is 370 g/mol. The summed E-state index contributed by atoms with van der Waals surface area (Å²) >= 11 is 0. The molecule has 1 atom stereocenters. The summed E-state index contributed by atoms with van der Waals surface area (Å²) in [6.07, 6.45) is 7.62. The molecule has 4 heterocycles. The van der Waals surface area contributed by atoms with Gasteiger partial charge in [-0.2, -0.15) is 0 Å². The molecule has 3 aliphatic heterocycles. The van der Waals surface area contributed by atoms with Crippen LogP contribution in [0.25, 0.3) is 0 Å². The summed E-state index contributed by atoms with van der Waals surface area (Å²) in [7, 11) is 0. The van der Waals surface area contributed by atoms with Crippen molar-refractivity contribution in [3.05, 3.63) is 24.3 Å². The first kappa shape index (κ1) is 20.2. The molecule has 2 amide bonds. The smallest absolute Gasteiger partial charge is 0.230 e. The Morgan fingerprint density at radius 2 is 1.69 bits per heavy atom. The fourth-order valence-electron chi connectivity index (χ4n) is 4.73. The Hall–Kier alpha value is -2.06. The lowest BCUT2D eigenvalue weighted by Gasteiger charge is -2.43. The quantitative estimate of drug-likeness (QED) is 0.735. The van der Waals surface area contributed by atoms with Gasteiger partial charge in [0.25, 0.3) is 0 Å². The Balaban J connectivity index is 1.25. The lowest BCUT2D eigenvalue weighted by Crippen LogP contribution is -2.53. The molecular formula is C21H31N5O3. The second-order valence-corrected chi connectivity index (χ2v) is 8.23. The Kier molecular flexibility index (Phi) is 6.71. The summed E-state index contributed by atoms with van der Waals surface area (Å²) in [5, 5.41) is 0. The highest BCUT2D eigenvalue weighted by atomic mass is 16.5. The van der Waals surface area contributed by atoms with Crippen LogP contribution in [-0.4, -0.2) is 95.0 Å².